The van der Waals surface area contributed by atoms with Crippen molar-refractivity contribution in [1.29, 1.82) is 0 Å². The lowest BCUT2D eigenvalue weighted by atomic mass is 10.1. The maximum atomic E-state index is 11.8. The van der Waals surface area contributed by atoms with E-state index in [1.165, 1.54) is 13.2 Å². The van der Waals surface area contributed by atoms with Gasteiger partial charge in [0.15, 0.2) is 5.78 Å². The molecular weight excluding hydrogens is 232 g/mol. The van der Waals surface area contributed by atoms with Crippen LogP contribution in [-0.4, -0.2) is 16.8 Å². The second-order valence-electron chi connectivity index (χ2n) is 3.81. The van der Waals surface area contributed by atoms with Crippen LogP contribution in [0.15, 0.2) is 41.1 Å². The van der Waals surface area contributed by atoms with Gasteiger partial charge in [0.05, 0.1) is 6.54 Å². The fourth-order valence-electron chi connectivity index (χ4n) is 1.46. The van der Waals surface area contributed by atoms with Gasteiger partial charge in [-0.15, -0.1) is 0 Å². The maximum Gasteiger partial charge on any atom is 0.251 e. The van der Waals surface area contributed by atoms with Crippen LogP contribution in [0, 0.1) is 0 Å². The third-order valence-corrected chi connectivity index (χ3v) is 2.47. The van der Waals surface area contributed by atoms with Gasteiger partial charge in [0, 0.05) is 17.2 Å². The van der Waals surface area contributed by atoms with E-state index < -0.39 is 0 Å². The van der Waals surface area contributed by atoms with Crippen LogP contribution in [0.5, 0.6) is 0 Å². The number of aromatic nitrogens is 1. The lowest BCUT2D eigenvalue weighted by Gasteiger charge is -2.03. The topological polar surface area (TPSA) is 72.2 Å². The molecule has 92 valence electrons. The molecule has 1 N–H and O–H groups in total. The molecule has 5 nitrogen and oxygen atoms in total. The molecule has 18 heavy (non-hydrogen) atoms. The predicted molar refractivity (Wildman–Crippen MR) is 64.1 cm³/mol. The Morgan fingerprint density at radius 3 is 2.39 bits per heavy atom. The number of rotatable bonds is 4. The highest BCUT2D eigenvalue weighted by molar-refractivity contribution is 5.97. The molecule has 0 bridgehead atoms. The highest BCUT2D eigenvalue weighted by atomic mass is 16.5. The largest absolute Gasteiger partial charge is 0.364 e. The van der Waals surface area contributed by atoms with E-state index in [1.54, 1.807) is 30.3 Å². The number of amides is 1. The van der Waals surface area contributed by atoms with Crippen molar-refractivity contribution in [3.8, 4) is 0 Å². The standard InChI is InChI=1S/C13H12N2O3/c1-9(16)10-2-4-11(5-3-10)13(17)14-8-12-6-7-18-15-12/h2-7H,8H2,1H3,(H,14,17). The van der Waals surface area contributed by atoms with Gasteiger partial charge < -0.3 is 9.84 Å². The number of nitrogens with zero attached hydrogens (tertiary/aromatic N) is 1. The molecule has 0 spiro atoms. The molecule has 0 aliphatic carbocycles. The molecule has 1 aromatic heterocycles. The average molecular weight is 244 g/mol. The number of Topliss-reactive ketones (excluding diaryl/α,β-unsaturated/α-hetero) is 1. The molecule has 5 heteroatoms. The van der Waals surface area contributed by atoms with Crippen molar-refractivity contribution in [3.05, 3.63) is 53.4 Å². The summed E-state index contributed by atoms with van der Waals surface area (Å²) in [6.07, 6.45) is 1.45. The van der Waals surface area contributed by atoms with Crippen molar-refractivity contribution in [2.24, 2.45) is 0 Å². The van der Waals surface area contributed by atoms with Gasteiger partial charge in [-0.1, -0.05) is 17.3 Å². The van der Waals surface area contributed by atoms with Crippen molar-refractivity contribution in [2.75, 3.05) is 0 Å². The van der Waals surface area contributed by atoms with Crippen LogP contribution in [0.3, 0.4) is 0 Å². The summed E-state index contributed by atoms with van der Waals surface area (Å²) in [5.41, 5.74) is 1.75. The summed E-state index contributed by atoms with van der Waals surface area (Å²) >= 11 is 0. The van der Waals surface area contributed by atoms with E-state index in [0.717, 1.165) is 0 Å². The number of nitrogens with one attached hydrogen (secondary N) is 1. The van der Waals surface area contributed by atoms with Crippen molar-refractivity contribution in [2.45, 2.75) is 13.5 Å². The molecule has 1 aromatic carbocycles. The first-order chi connectivity index (χ1) is 8.66. The van der Waals surface area contributed by atoms with Gasteiger partial charge in [0.1, 0.15) is 12.0 Å². The fourth-order valence-corrected chi connectivity index (χ4v) is 1.46. The second kappa shape index (κ2) is 5.27. The lowest BCUT2D eigenvalue weighted by Crippen LogP contribution is -2.22. The molecule has 1 heterocycles. The first-order valence-electron chi connectivity index (χ1n) is 5.45. The summed E-state index contributed by atoms with van der Waals surface area (Å²) in [6.45, 7) is 1.80. The summed E-state index contributed by atoms with van der Waals surface area (Å²) < 4.78 is 4.66. The summed E-state index contributed by atoms with van der Waals surface area (Å²) in [5, 5.41) is 6.39. The quantitative estimate of drug-likeness (QED) is 0.832. The number of carbonyl (C=O) groups excluding carboxylic acids is 2. The molecule has 0 aliphatic rings. The molecule has 0 atom stereocenters. The van der Waals surface area contributed by atoms with Crippen LogP contribution < -0.4 is 5.32 Å². The zero-order chi connectivity index (χ0) is 13.0. The van der Waals surface area contributed by atoms with Crippen LogP contribution in [0.4, 0.5) is 0 Å². The minimum atomic E-state index is -0.215. The van der Waals surface area contributed by atoms with Crippen LogP contribution >= 0.6 is 0 Å². The van der Waals surface area contributed by atoms with E-state index in [-0.39, 0.29) is 11.7 Å². The molecule has 0 saturated carbocycles. The average Bonchev–Trinajstić information content (AvgIpc) is 2.89. The van der Waals surface area contributed by atoms with Gasteiger partial charge in [0.2, 0.25) is 0 Å². The Balaban J connectivity index is 1.98. The normalized spacial score (nSPS) is 10.1. The van der Waals surface area contributed by atoms with Gasteiger partial charge >= 0.3 is 0 Å². The molecule has 0 fully saturated rings. The Bertz CT molecular complexity index is 544. The van der Waals surface area contributed by atoms with Crippen LogP contribution in [0.25, 0.3) is 0 Å². The maximum absolute atomic E-state index is 11.8. The first kappa shape index (κ1) is 12.0. The molecule has 0 radical (unpaired) electrons. The third kappa shape index (κ3) is 2.82. The van der Waals surface area contributed by atoms with Crippen LogP contribution in [0.1, 0.15) is 33.3 Å². The summed E-state index contributed by atoms with van der Waals surface area (Å²) in [6, 6.07) is 8.18. The number of carbonyl (C=O) groups is 2. The summed E-state index contributed by atoms with van der Waals surface area (Å²) in [5.74, 6) is -0.238. The van der Waals surface area contributed by atoms with E-state index in [9.17, 15) is 9.59 Å². The Kier molecular flexibility index (Phi) is 3.52. The second-order valence-corrected chi connectivity index (χ2v) is 3.81. The number of ketones is 1. The molecule has 2 rings (SSSR count). The van der Waals surface area contributed by atoms with E-state index >= 15 is 0 Å². The Morgan fingerprint density at radius 2 is 1.83 bits per heavy atom. The molecule has 1 amide bonds. The van der Waals surface area contributed by atoms with Gasteiger partial charge in [-0.05, 0) is 19.1 Å². The first-order valence-corrected chi connectivity index (χ1v) is 5.45. The molecule has 0 saturated heterocycles. The van der Waals surface area contributed by atoms with Crippen molar-refractivity contribution >= 4 is 11.7 Å². The molecular formula is C13H12N2O3. The number of hydrogen-bond donors (Lipinski definition) is 1. The van der Waals surface area contributed by atoms with E-state index in [0.29, 0.717) is 23.4 Å². The SMILES string of the molecule is CC(=O)c1ccc(C(=O)NCc2ccon2)cc1. The third-order valence-electron chi connectivity index (χ3n) is 2.47. The summed E-state index contributed by atoms with van der Waals surface area (Å²) in [4.78, 5) is 22.9. The van der Waals surface area contributed by atoms with Gasteiger partial charge in [0.25, 0.3) is 5.91 Å². The zero-order valence-electron chi connectivity index (χ0n) is 9.84. The highest BCUT2D eigenvalue weighted by Gasteiger charge is 2.07. The highest BCUT2D eigenvalue weighted by Crippen LogP contribution is 2.05. The van der Waals surface area contributed by atoms with Gasteiger partial charge in [-0.25, -0.2) is 0 Å². The number of hydrogen-bond acceptors (Lipinski definition) is 4. The Hall–Kier alpha value is -2.43. The minimum Gasteiger partial charge on any atom is -0.364 e. The smallest absolute Gasteiger partial charge is 0.251 e. The predicted octanol–water partition coefficient (Wildman–Crippen LogP) is 1.81. The minimum absolute atomic E-state index is 0.0236. The van der Waals surface area contributed by atoms with E-state index in [4.69, 9.17) is 0 Å². The summed E-state index contributed by atoms with van der Waals surface area (Å²) in [7, 11) is 0. The van der Waals surface area contributed by atoms with Crippen molar-refractivity contribution in [1.82, 2.24) is 10.5 Å². The fraction of sp³-hybridized carbons (Fsp3) is 0.154. The number of benzene rings is 1. The monoisotopic (exact) mass is 244 g/mol. The Morgan fingerprint density at radius 1 is 1.17 bits per heavy atom. The zero-order valence-corrected chi connectivity index (χ0v) is 9.84. The van der Waals surface area contributed by atoms with Crippen LogP contribution in [0.2, 0.25) is 0 Å². The van der Waals surface area contributed by atoms with Gasteiger partial charge in [-0.2, -0.15) is 0 Å². The van der Waals surface area contributed by atoms with Crippen LogP contribution in [-0.2, 0) is 6.54 Å². The van der Waals surface area contributed by atoms with Gasteiger partial charge in [-0.3, -0.25) is 9.59 Å². The molecule has 2 aromatic rings. The lowest BCUT2D eigenvalue weighted by molar-refractivity contribution is 0.0948. The van der Waals surface area contributed by atoms with Crippen molar-refractivity contribution in [3.63, 3.8) is 0 Å². The van der Waals surface area contributed by atoms with E-state index in [1.807, 2.05) is 0 Å². The van der Waals surface area contributed by atoms with Crippen molar-refractivity contribution < 1.29 is 14.1 Å². The Labute approximate surface area is 104 Å². The van der Waals surface area contributed by atoms with E-state index in [2.05, 4.69) is 15.0 Å². The molecule has 0 unspecified atom stereocenters. The molecule has 0 aliphatic heterocycles.